The van der Waals surface area contributed by atoms with Crippen molar-refractivity contribution in [1.29, 1.82) is 0 Å². The zero-order chi connectivity index (χ0) is 29.2. The molecule has 5 heteroatoms. The van der Waals surface area contributed by atoms with E-state index >= 15 is 0 Å². The van der Waals surface area contributed by atoms with Crippen LogP contribution in [0.5, 0.6) is 0 Å². The maximum Gasteiger partial charge on any atom is 0.0148 e. The molecule has 6 aromatic carbocycles. The minimum Gasteiger partial charge on any atom is -0.260 e. The number of rotatable bonds is 4. The largest absolute Gasteiger partial charge is 0.260 e. The molecule has 0 radical (unpaired) electrons. The topological polar surface area (TPSA) is 34.1 Å². The van der Waals surface area contributed by atoms with Gasteiger partial charge in [0.05, 0.1) is 0 Å². The lowest BCUT2D eigenvalue weighted by Gasteiger charge is -2.24. The maximum absolute atomic E-state index is 9.56. The van der Waals surface area contributed by atoms with Gasteiger partial charge in [0.2, 0.25) is 0 Å². The Kier molecular flexibility index (Phi) is 11.2. The zero-order valence-corrected chi connectivity index (χ0v) is 26.4. The Morgan fingerprint density at radius 3 is 1.39 bits per heavy atom. The lowest BCUT2D eigenvalue weighted by molar-refractivity contribution is 0.689. The Morgan fingerprint density at radius 1 is 0.439 bits per heavy atom. The van der Waals surface area contributed by atoms with E-state index in [1.807, 2.05) is 0 Å². The molecule has 0 aliphatic rings. The van der Waals surface area contributed by atoms with Gasteiger partial charge in [0, 0.05) is 46.6 Å². The molecule has 208 valence electrons. The third-order valence-electron chi connectivity index (χ3n) is 6.24. The highest BCUT2D eigenvalue weighted by atomic mass is 32.2. The number of benzene rings is 6. The summed E-state index contributed by atoms with van der Waals surface area (Å²) in [6.07, 6.45) is 6.56. The maximum atomic E-state index is 9.56. The second kappa shape index (κ2) is 15.0. The molecule has 41 heavy (non-hydrogen) atoms. The first-order chi connectivity index (χ1) is 19.9. The molecule has 0 aliphatic carbocycles. The van der Waals surface area contributed by atoms with Crippen LogP contribution in [0.1, 0.15) is 0 Å². The van der Waals surface area contributed by atoms with Crippen LogP contribution < -0.4 is 15.9 Å². The summed E-state index contributed by atoms with van der Waals surface area (Å²) in [6, 6.07) is 50.8. The Morgan fingerprint density at radius 2 is 0.854 bits per heavy atom. The highest BCUT2D eigenvalue weighted by Crippen LogP contribution is 2.41. The molecule has 0 fully saturated rings. The Labute approximate surface area is 250 Å². The summed E-state index contributed by atoms with van der Waals surface area (Å²) in [5.41, 5.74) is 2.66. The van der Waals surface area contributed by atoms with Gasteiger partial charge in [-0.25, -0.2) is 0 Å². The van der Waals surface area contributed by atoms with Crippen molar-refractivity contribution in [3.05, 3.63) is 140 Å². The number of hydrogen-bond donors (Lipinski definition) is 0. The molecule has 0 heterocycles. The Balaban J connectivity index is 0.000000432. The zero-order valence-electron chi connectivity index (χ0n) is 23.9. The van der Waals surface area contributed by atoms with Crippen molar-refractivity contribution in [3.8, 4) is 11.1 Å². The van der Waals surface area contributed by atoms with Crippen LogP contribution in [-0.2, 0) is 21.6 Å². The second-order valence-electron chi connectivity index (χ2n) is 9.70. The lowest BCUT2D eigenvalue weighted by atomic mass is 9.94. The van der Waals surface area contributed by atoms with E-state index in [4.69, 9.17) is 0 Å². The standard InChI is InChI=1S/C32H23P.2C2H6OS/c1-3-15-26(16-4-1)33(27-17-5-2-6-18-27)31-23-22-25-13-8-10-20-29(25)32(31)30-21-11-14-24-12-7-9-19-28(24)30;2*1-4(2)3/h1-23H;2*1-2H3. The van der Waals surface area contributed by atoms with Gasteiger partial charge in [0.15, 0.2) is 0 Å². The number of fused-ring (bicyclic) bond motifs is 2. The van der Waals surface area contributed by atoms with E-state index in [-0.39, 0.29) is 0 Å². The Bertz CT molecular complexity index is 1700. The van der Waals surface area contributed by atoms with Gasteiger partial charge in [-0.3, -0.25) is 8.42 Å². The van der Waals surface area contributed by atoms with E-state index in [2.05, 4.69) is 140 Å². The fourth-order valence-corrected chi connectivity index (χ4v) is 7.24. The van der Waals surface area contributed by atoms with Crippen LogP contribution in [0, 0.1) is 0 Å². The highest BCUT2D eigenvalue weighted by molar-refractivity contribution is 7.83. The molecule has 0 unspecified atom stereocenters. The van der Waals surface area contributed by atoms with Crippen LogP contribution in [0.25, 0.3) is 32.7 Å². The highest BCUT2D eigenvalue weighted by Gasteiger charge is 2.22. The molecule has 6 rings (SSSR count). The van der Waals surface area contributed by atoms with Crippen LogP contribution >= 0.6 is 7.92 Å². The molecule has 0 atom stereocenters. The van der Waals surface area contributed by atoms with E-state index in [0.29, 0.717) is 0 Å². The van der Waals surface area contributed by atoms with Crippen LogP contribution in [0.4, 0.5) is 0 Å². The summed E-state index contributed by atoms with van der Waals surface area (Å²) < 4.78 is 19.1. The molecular weight excluding hydrogens is 560 g/mol. The van der Waals surface area contributed by atoms with E-state index < -0.39 is 29.5 Å². The minimum absolute atomic E-state index is 0.611. The number of hydrogen-bond acceptors (Lipinski definition) is 2. The first-order valence-corrected chi connectivity index (χ1v) is 18.5. The molecule has 0 amide bonds. The summed E-state index contributed by atoms with van der Waals surface area (Å²) in [5, 5.41) is 9.31. The van der Waals surface area contributed by atoms with Crippen molar-refractivity contribution < 1.29 is 8.42 Å². The van der Waals surface area contributed by atoms with Gasteiger partial charge in [-0.2, -0.15) is 0 Å². The normalized spacial score (nSPS) is 10.8. The molecule has 0 saturated carbocycles. The molecular formula is C36H35O2PS2. The minimum atomic E-state index is -0.719. The van der Waals surface area contributed by atoms with E-state index in [9.17, 15) is 8.42 Å². The molecule has 0 bridgehead atoms. The van der Waals surface area contributed by atoms with Crippen molar-refractivity contribution >= 4 is 67.0 Å². The summed E-state index contributed by atoms with van der Waals surface area (Å²) in [4.78, 5) is 0. The summed E-state index contributed by atoms with van der Waals surface area (Å²) in [6.45, 7) is 0. The predicted molar refractivity (Wildman–Crippen MR) is 186 cm³/mol. The average molecular weight is 595 g/mol. The summed E-state index contributed by atoms with van der Waals surface area (Å²) >= 11 is 0. The lowest BCUT2D eigenvalue weighted by Crippen LogP contribution is -2.22. The summed E-state index contributed by atoms with van der Waals surface area (Å²) in [5.74, 6) is 0. The monoisotopic (exact) mass is 594 g/mol. The smallest absolute Gasteiger partial charge is 0.0148 e. The average Bonchev–Trinajstić information content (AvgIpc) is 2.97. The molecule has 2 nitrogen and oxygen atoms in total. The van der Waals surface area contributed by atoms with Crippen molar-refractivity contribution in [2.24, 2.45) is 0 Å². The van der Waals surface area contributed by atoms with E-state index in [1.165, 1.54) is 48.6 Å². The van der Waals surface area contributed by atoms with Crippen LogP contribution in [0.2, 0.25) is 0 Å². The van der Waals surface area contributed by atoms with Crippen LogP contribution in [-0.4, -0.2) is 33.4 Å². The summed E-state index contributed by atoms with van der Waals surface area (Å²) in [7, 11) is -1.94. The molecule has 0 spiro atoms. The van der Waals surface area contributed by atoms with E-state index in [0.717, 1.165) is 0 Å². The molecule has 0 saturated heterocycles. The molecule has 6 aromatic rings. The molecule has 0 aromatic heterocycles. The predicted octanol–water partition coefficient (Wildman–Crippen LogP) is 7.41. The third kappa shape index (κ3) is 8.07. The third-order valence-corrected chi connectivity index (χ3v) is 8.72. The first-order valence-electron chi connectivity index (χ1n) is 13.3. The Hall–Kier alpha value is -3.43. The van der Waals surface area contributed by atoms with Gasteiger partial charge in [-0.05, 0) is 56.5 Å². The SMILES string of the molecule is CS(C)=O.CS(C)=O.c1ccc(P(c2ccccc2)c2ccc3ccccc3c2-c2cccc3ccccc23)cc1. The van der Waals surface area contributed by atoms with Crippen molar-refractivity contribution in [2.75, 3.05) is 25.0 Å². The van der Waals surface area contributed by atoms with Gasteiger partial charge >= 0.3 is 0 Å². The van der Waals surface area contributed by atoms with Gasteiger partial charge in [-0.1, -0.05) is 140 Å². The van der Waals surface area contributed by atoms with Crippen molar-refractivity contribution in [3.63, 3.8) is 0 Å². The molecule has 0 aliphatic heterocycles. The van der Waals surface area contributed by atoms with Gasteiger partial charge in [0.25, 0.3) is 0 Å². The van der Waals surface area contributed by atoms with Crippen molar-refractivity contribution in [2.45, 2.75) is 0 Å². The van der Waals surface area contributed by atoms with Gasteiger partial charge in [0.1, 0.15) is 0 Å². The van der Waals surface area contributed by atoms with Crippen LogP contribution in [0.3, 0.4) is 0 Å². The molecule has 0 N–H and O–H groups in total. The first kappa shape index (κ1) is 30.5. The van der Waals surface area contributed by atoms with E-state index in [1.54, 1.807) is 25.0 Å². The quantitative estimate of drug-likeness (QED) is 0.199. The van der Waals surface area contributed by atoms with Gasteiger partial charge < -0.3 is 0 Å². The van der Waals surface area contributed by atoms with Gasteiger partial charge in [-0.15, -0.1) is 0 Å². The van der Waals surface area contributed by atoms with Crippen molar-refractivity contribution in [1.82, 2.24) is 0 Å². The second-order valence-corrected chi connectivity index (χ2v) is 14.8. The van der Waals surface area contributed by atoms with Crippen LogP contribution in [0.15, 0.2) is 140 Å². The fourth-order valence-electron chi connectivity index (χ4n) is 4.75. The fraction of sp³-hybridized carbons (Fsp3) is 0.111.